The lowest BCUT2D eigenvalue weighted by atomic mass is 9.77. The average molecular weight is 332 g/mol. The summed E-state index contributed by atoms with van der Waals surface area (Å²) in [7, 11) is 0. The van der Waals surface area contributed by atoms with Crippen LogP contribution in [0.25, 0.3) is 0 Å². The van der Waals surface area contributed by atoms with Gasteiger partial charge < -0.3 is 5.32 Å². The third-order valence-corrected chi connectivity index (χ3v) is 4.74. The van der Waals surface area contributed by atoms with Crippen LogP contribution in [0.5, 0.6) is 0 Å². The molecule has 0 saturated heterocycles. The van der Waals surface area contributed by atoms with Crippen LogP contribution < -0.4 is 5.32 Å². The molecule has 0 spiro atoms. The quantitative estimate of drug-likeness (QED) is 0.682. The summed E-state index contributed by atoms with van der Waals surface area (Å²) in [5, 5.41) is 4.23. The number of carbonyl (C=O) groups is 1. The molecule has 1 N–H and O–H groups in total. The molecule has 1 amide bonds. The Kier molecular flexibility index (Phi) is 6.35. The Hall–Kier alpha value is -0.0500. The molecule has 0 unspecified atom stereocenters. The molecule has 1 aliphatic rings. The highest BCUT2D eigenvalue weighted by molar-refractivity contribution is 9.09. The van der Waals surface area contributed by atoms with E-state index in [1.165, 1.54) is 12.8 Å². The summed E-state index contributed by atoms with van der Waals surface area (Å²) >= 11 is 3.49. The van der Waals surface area contributed by atoms with Crippen LogP contribution in [0.3, 0.4) is 0 Å². The molecule has 0 radical (unpaired) electrons. The lowest BCUT2D eigenvalue weighted by Crippen LogP contribution is -2.43. The van der Waals surface area contributed by atoms with Crippen molar-refractivity contribution in [2.24, 2.45) is 16.7 Å². The van der Waals surface area contributed by atoms with Crippen molar-refractivity contribution in [3.8, 4) is 0 Å². The van der Waals surface area contributed by atoms with Crippen molar-refractivity contribution in [3.05, 3.63) is 0 Å². The van der Waals surface area contributed by atoms with Crippen molar-refractivity contribution in [2.75, 3.05) is 11.9 Å². The fraction of sp³-hybridized carbons (Fsp3) is 0.938. The zero-order valence-electron chi connectivity index (χ0n) is 13.0. The second-order valence-electron chi connectivity index (χ2n) is 7.37. The summed E-state index contributed by atoms with van der Waals surface area (Å²) in [6.07, 6.45) is 6.71. The average Bonchev–Trinajstić information content (AvgIpc) is 2.74. The van der Waals surface area contributed by atoms with E-state index in [2.05, 4.69) is 48.9 Å². The topological polar surface area (TPSA) is 29.1 Å². The first-order valence-corrected chi connectivity index (χ1v) is 8.78. The Balaban J connectivity index is 2.58. The summed E-state index contributed by atoms with van der Waals surface area (Å²) in [6, 6.07) is 0. The van der Waals surface area contributed by atoms with Gasteiger partial charge in [0.05, 0.1) is 0 Å². The van der Waals surface area contributed by atoms with Gasteiger partial charge in [0.2, 0.25) is 5.91 Å². The molecule has 0 aromatic carbocycles. The Bertz CT molecular complexity index is 293. The second-order valence-corrected chi connectivity index (χ2v) is 8.16. The van der Waals surface area contributed by atoms with Crippen LogP contribution in [0.15, 0.2) is 0 Å². The van der Waals surface area contributed by atoms with Crippen LogP contribution in [0.2, 0.25) is 0 Å². The van der Waals surface area contributed by atoms with Gasteiger partial charge >= 0.3 is 0 Å². The van der Waals surface area contributed by atoms with Crippen LogP contribution in [0.4, 0.5) is 0 Å². The van der Waals surface area contributed by atoms with E-state index in [1.54, 1.807) is 0 Å². The highest BCUT2D eigenvalue weighted by Gasteiger charge is 2.41. The van der Waals surface area contributed by atoms with E-state index < -0.39 is 0 Å². The standard InChI is InChI=1S/C16H30BrNO/c1-13(2)11-16(7-5-6-8-16)14(19)18-12-15(3,4)9-10-17/h13H,5-12H2,1-4H3,(H,18,19). The zero-order chi connectivity index (χ0) is 14.5. The predicted molar refractivity (Wildman–Crippen MR) is 85.6 cm³/mol. The molecule has 0 aromatic rings. The third kappa shape index (κ3) is 5.09. The maximum Gasteiger partial charge on any atom is 0.226 e. The number of halogens is 1. The lowest BCUT2D eigenvalue weighted by Gasteiger charge is -2.32. The Labute approximate surface area is 127 Å². The van der Waals surface area contributed by atoms with E-state index >= 15 is 0 Å². The minimum absolute atomic E-state index is 0.0708. The SMILES string of the molecule is CC(C)CC1(C(=O)NCC(C)(C)CCBr)CCCC1. The summed E-state index contributed by atoms with van der Waals surface area (Å²) in [5.41, 5.74) is 0.107. The molecule has 0 atom stereocenters. The largest absolute Gasteiger partial charge is 0.355 e. The molecular formula is C16H30BrNO. The van der Waals surface area contributed by atoms with E-state index in [9.17, 15) is 4.79 Å². The molecular weight excluding hydrogens is 302 g/mol. The second kappa shape index (κ2) is 7.10. The van der Waals surface area contributed by atoms with E-state index in [0.717, 1.165) is 37.6 Å². The van der Waals surface area contributed by atoms with Gasteiger partial charge in [0.25, 0.3) is 0 Å². The smallest absolute Gasteiger partial charge is 0.226 e. The number of hydrogen-bond donors (Lipinski definition) is 1. The van der Waals surface area contributed by atoms with Gasteiger partial charge in [-0.15, -0.1) is 0 Å². The van der Waals surface area contributed by atoms with Crippen molar-refractivity contribution < 1.29 is 4.79 Å². The van der Waals surface area contributed by atoms with Crippen molar-refractivity contribution >= 4 is 21.8 Å². The first-order valence-electron chi connectivity index (χ1n) is 7.66. The van der Waals surface area contributed by atoms with Crippen LogP contribution in [-0.4, -0.2) is 17.8 Å². The number of hydrogen-bond acceptors (Lipinski definition) is 1. The van der Waals surface area contributed by atoms with Gasteiger partial charge in [-0.25, -0.2) is 0 Å². The fourth-order valence-electron chi connectivity index (χ4n) is 3.21. The number of amides is 1. The first kappa shape index (κ1) is 17.0. The summed E-state index contributed by atoms with van der Waals surface area (Å²) in [6.45, 7) is 9.68. The van der Waals surface area contributed by atoms with Crippen LogP contribution >= 0.6 is 15.9 Å². The van der Waals surface area contributed by atoms with E-state index in [-0.39, 0.29) is 10.8 Å². The zero-order valence-corrected chi connectivity index (χ0v) is 14.6. The van der Waals surface area contributed by atoms with Crippen molar-refractivity contribution in [3.63, 3.8) is 0 Å². The highest BCUT2D eigenvalue weighted by atomic mass is 79.9. The minimum Gasteiger partial charge on any atom is -0.355 e. The molecule has 1 fully saturated rings. The Morgan fingerprint density at radius 3 is 2.37 bits per heavy atom. The number of rotatable bonds is 7. The highest BCUT2D eigenvalue weighted by Crippen LogP contribution is 2.43. The molecule has 0 aromatic heterocycles. The maximum atomic E-state index is 12.6. The number of carbonyl (C=O) groups excluding carboxylic acids is 1. The maximum absolute atomic E-state index is 12.6. The molecule has 1 rings (SSSR count). The van der Waals surface area contributed by atoms with E-state index in [0.29, 0.717) is 11.8 Å². The monoisotopic (exact) mass is 331 g/mol. The van der Waals surface area contributed by atoms with Gasteiger partial charge in [0.1, 0.15) is 0 Å². The van der Waals surface area contributed by atoms with Crippen molar-refractivity contribution in [1.29, 1.82) is 0 Å². The van der Waals surface area contributed by atoms with Gasteiger partial charge in [0.15, 0.2) is 0 Å². The van der Waals surface area contributed by atoms with Crippen LogP contribution in [0, 0.1) is 16.7 Å². The Morgan fingerprint density at radius 1 is 1.32 bits per heavy atom. The van der Waals surface area contributed by atoms with Gasteiger partial charge in [-0.05, 0) is 37.0 Å². The molecule has 1 aliphatic carbocycles. The molecule has 0 bridgehead atoms. The molecule has 0 heterocycles. The van der Waals surface area contributed by atoms with Crippen molar-refractivity contribution in [2.45, 2.75) is 66.2 Å². The summed E-state index contributed by atoms with van der Waals surface area (Å²) in [5.74, 6) is 0.903. The van der Waals surface area contributed by atoms with E-state index in [4.69, 9.17) is 0 Å². The molecule has 2 nitrogen and oxygen atoms in total. The van der Waals surface area contributed by atoms with Crippen molar-refractivity contribution in [1.82, 2.24) is 5.32 Å². The molecule has 3 heteroatoms. The molecule has 112 valence electrons. The summed E-state index contributed by atoms with van der Waals surface area (Å²) < 4.78 is 0. The number of alkyl halides is 1. The van der Waals surface area contributed by atoms with Crippen LogP contribution in [0.1, 0.15) is 66.2 Å². The molecule has 19 heavy (non-hydrogen) atoms. The summed E-state index contributed by atoms with van der Waals surface area (Å²) in [4.78, 5) is 12.6. The van der Waals surface area contributed by atoms with Gasteiger partial charge in [-0.2, -0.15) is 0 Å². The fourth-order valence-corrected chi connectivity index (χ4v) is 4.28. The molecule has 0 aliphatic heterocycles. The van der Waals surface area contributed by atoms with E-state index in [1.807, 2.05) is 0 Å². The number of nitrogens with one attached hydrogen (secondary N) is 1. The van der Waals surface area contributed by atoms with Gasteiger partial charge in [0, 0.05) is 17.3 Å². The Morgan fingerprint density at radius 2 is 1.89 bits per heavy atom. The third-order valence-electron chi connectivity index (χ3n) is 4.34. The van der Waals surface area contributed by atoms with Crippen LogP contribution in [-0.2, 0) is 4.79 Å². The lowest BCUT2D eigenvalue weighted by molar-refractivity contribution is -0.132. The first-order chi connectivity index (χ1) is 8.81. The molecule has 1 saturated carbocycles. The van der Waals surface area contributed by atoms with Gasteiger partial charge in [-0.1, -0.05) is 56.5 Å². The normalized spacial score (nSPS) is 18.8. The van der Waals surface area contributed by atoms with Gasteiger partial charge in [-0.3, -0.25) is 4.79 Å². The minimum atomic E-state index is -0.0708. The predicted octanol–water partition coefficient (Wildman–Crippen LogP) is 4.52.